The Morgan fingerprint density at radius 2 is 1.83 bits per heavy atom. The van der Waals surface area contributed by atoms with E-state index in [2.05, 4.69) is 27.1 Å². The largest absolute Gasteiger partial charge is 0.341 e. The normalized spacial score (nSPS) is 17.2. The van der Waals surface area contributed by atoms with Crippen molar-refractivity contribution in [3.05, 3.63) is 17.5 Å². The molecule has 1 aromatic rings. The van der Waals surface area contributed by atoms with E-state index in [0.717, 1.165) is 37.0 Å². The van der Waals surface area contributed by atoms with Crippen LogP contribution in [-0.2, 0) is 0 Å². The minimum atomic E-state index is 0.673. The Labute approximate surface area is 110 Å². The third kappa shape index (κ3) is 3.42. The number of anilines is 1. The maximum atomic E-state index is 4.54. The van der Waals surface area contributed by atoms with Crippen LogP contribution in [0.1, 0.15) is 37.6 Å². The Morgan fingerprint density at radius 1 is 1.22 bits per heavy atom. The van der Waals surface area contributed by atoms with E-state index in [-0.39, 0.29) is 0 Å². The highest BCUT2D eigenvalue weighted by atomic mass is 15.3. The van der Waals surface area contributed by atoms with Crippen LogP contribution in [0.3, 0.4) is 0 Å². The van der Waals surface area contributed by atoms with Gasteiger partial charge in [-0.2, -0.15) is 0 Å². The average molecular weight is 248 g/mol. The van der Waals surface area contributed by atoms with Crippen LogP contribution in [0.5, 0.6) is 0 Å². The van der Waals surface area contributed by atoms with Gasteiger partial charge in [0.25, 0.3) is 0 Å². The summed E-state index contributed by atoms with van der Waals surface area (Å²) in [5.41, 5.74) is 2.12. The van der Waals surface area contributed by atoms with Crippen molar-refractivity contribution in [2.45, 2.75) is 46.1 Å². The Morgan fingerprint density at radius 3 is 2.39 bits per heavy atom. The fourth-order valence-electron chi connectivity index (χ4n) is 2.48. The number of nitrogens with zero attached hydrogens (tertiary/aromatic N) is 3. The summed E-state index contributed by atoms with van der Waals surface area (Å²) in [5, 5.41) is 3.60. The van der Waals surface area contributed by atoms with Crippen molar-refractivity contribution in [3.63, 3.8) is 0 Å². The highest BCUT2D eigenvalue weighted by Gasteiger charge is 2.20. The predicted octanol–water partition coefficient (Wildman–Crippen LogP) is 2.06. The topological polar surface area (TPSA) is 41.0 Å². The summed E-state index contributed by atoms with van der Waals surface area (Å²) >= 11 is 0. The standard InChI is InChI=1S/C14H24N4/c1-4-7-15-13-5-8-18(9-6-13)14-16-11(2)10-12(3)17-14/h10,13,15H,4-9H2,1-3H3. The van der Waals surface area contributed by atoms with Gasteiger partial charge < -0.3 is 10.2 Å². The monoisotopic (exact) mass is 248 g/mol. The molecule has 0 radical (unpaired) electrons. The van der Waals surface area contributed by atoms with Crippen LogP contribution in [-0.4, -0.2) is 35.6 Å². The van der Waals surface area contributed by atoms with E-state index in [0.29, 0.717) is 6.04 Å². The Balaban J connectivity index is 1.92. The van der Waals surface area contributed by atoms with Gasteiger partial charge in [0, 0.05) is 30.5 Å². The molecule has 1 fully saturated rings. The first-order valence-corrected chi connectivity index (χ1v) is 6.99. The smallest absolute Gasteiger partial charge is 0.225 e. The van der Waals surface area contributed by atoms with E-state index in [9.17, 15) is 0 Å². The molecule has 1 aliphatic rings. The zero-order valence-corrected chi connectivity index (χ0v) is 11.7. The van der Waals surface area contributed by atoms with E-state index in [1.807, 2.05) is 19.9 Å². The quantitative estimate of drug-likeness (QED) is 0.885. The first-order valence-electron chi connectivity index (χ1n) is 6.99. The van der Waals surface area contributed by atoms with Gasteiger partial charge in [-0.1, -0.05) is 6.92 Å². The molecule has 18 heavy (non-hydrogen) atoms. The zero-order chi connectivity index (χ0) is 13.0. The number of hydrogen-bond acceptors (Lipinski definition) is 4. The van der Waals surface area contributed by atoms with E-state index >= 15 is 0 Å². The van der Waals surface area contributed by atoms with Gasteiger partial charge in [0.2, 0.25) is 5.95 Å². The molecule has 4 nitrogen and oxygen atoms in total. The molecule has 0 bridgehead atoms. The van der Waals surface area contributed by atoms with Crippen LogP contribution in [0.2, 0.25) is 0 Å². The minimum absolute atomic E-state index is 0.673. The molecule has 1 saturated heterocycles. The van der Waals surface area contributed by atoms with E-state index in [1.165, 1.54) is 19.3 Å². The lowest BCUT2D eigenvalue weighted by Crippen LogP contribution is -2.43. The third-order valence-electron chi connectivity index (χ3n) is 3.43. The molecule has 0 spiro atoms. The number of hydrogen-bond donors (Lipinski definition) is 1. The molecule has 2 heterocycles. The second kappa shape index (κ2) is 6.14. The summed E-state index contributed by atoms with van der Waals surface area (Å²) in [5.74, 6) is 0.904. The summed E-state index contributed by atoms with van der Waals surface area (Å²) in [6.07, 6.45) is 3.59. The van der Waals surface area contributed by atoms with E-state index in [4.69, 9.17) is 0 Å². The molecule has 100 valence electrons. The Bertz CT molecular complexity index is 363. The second-order valence-electron chi connectivity index (χ2n) is 5.17. The van der Waals surface area contributed by atoms with Crippen LogP contribution in [0.15, 0.2) is 6.07 Å². The summed E-state index contributed by atoms with van der Waals surface area (Å²) in [6.45, 7) is 9.53. The lowest BCUT2D eigenvalue weighted by atomic mass is 10.1. The zero-order valence-electron chi connectivity index (χ0n) is 11.7. The molecular weight excluding hydrogens is 224 g/mol. The highest BCUT2D eigenvalue weighted by Crippen LogP contribution is 2.17. The summed E-state index contributed by atoms with van der Waals surface area (Å²) in [7, 11) is 0. The van der Waals surface area contributed by atoms with Gasteiger partial charge in [0.05, 0.1) is 0 Å². The van der Waals surface area contributed by atoms with Crippen molar-refractivity contribution < 1.29 is 0 Å². The van der Waals surface area contributed by atoms with Crippen molar-refractivity contribution in [2.75, 3.05) is 24.5 Å². The van der Waals surface area contributed by atoms with Gasteiger partial charge in [-0.3, -0.25) is 0 Å². The fraction of sp³-hybridized carbons (Fsp3) is 0.714. The van der Waals surface area contributed by atoms with Crippen LogP contribution < -0.4 is 10.2 Å². The molecule has 0 unspecified atom stereocenters. The van der Waals surface area contributed by atoms with Crippen LogP contribution in [0, 0.1) is 13.8 Å². The average Bonchev–Trinajstić information content (AvgIpc) is 2.36. The van der Waals surface area contributed by atoms with Gasteiger partial charge in [-0.05, 0) is 45.7 Å². The summed E-state index contributed by atoms with van der Waals surface area (Å²) < 4.78 is 0. The Kier molecular flexibility index (Phi) is 4.53. The first kappa shape index (κ1) is 13.3. The number of nitrogens with one attached hydrogen (secondary N) is 1. The number of piperidine rings is 1. The maximum Gasteiger partial charge on any atom is 0.225 e. The van der Waals surface area contributed by atoms with Crippen molar-refractivity contribution in [2.24, 2.45) is 0 Å². The SMILES string of the molecule is CCCNC1CCN(c2nc(C)cc(C)n2)CC1. The number of aryl methyl sites for hydroxylation is 2. The first-order chi connectivity index (χ1) is 8.69. The van der Waals surface area contributed by atoms with E-state index in [1.54, 1.807) is 0 Å². The molecular formula is C14H24N4. The molecule has 2 rings (SSSR count). The molecule has 1 N–H and O–H groups in total. The van der Waals surface area contributed by atoms with Crippen LogP contribution >= 0.6 is 0 Å². The molecule has 0 aliphatic carbocycles. The van der Waals surface area contributed by atoms with Crippen molar-refractivity contribution in [3.8, 4) is 0 Å². The van der Waals surface area contributed by atoms with Gasteiger partial charge in [0.1, 0.15) is 0 Å². The van der Waals surface area contributed by atoms with Gasteiger partial charge in [-0.25, -0.2) is 9.97 Å². The van der Waals surface area contributed by atoms with Gasteiger partial charge in [0.15, 0.2) is 0 Å². The lowest BCUT2D eigenvalue weighted by Gasteiger charge is -2.32. The van der Waals surface area contributed by atoms with Crippen LogP contribution in [0.4, 0.5) is 5.95 Å². The van der Waals surface area contributed by atoms with E-state index < -0.39 is 0 Å². The molecule has 0 aromatic carbocycles. The molecule has 0 saturated carbocycles. The van der Waals surface area contributed by atoms with Crippen molar-refractivity contribution >= 4 is 5.95 Å². The summed E-state index contributed by atoms with van der Waals surface area (Å²) in [4.78, 5) is 11.4. The highest BCUT2D eigenvalue weighted by molar-refractivity contribution is 5.32. The molecule has 4 heteroatoms. The molecule has 0 amide bonds. The predicted molar refractivity (Wildman–Crippen MR) is 75.0 cm³/mol. The Hall–Kier alpha value is -1.16. The molecule has 1 aromatic heterocycles. The van der Waals surface area contributed by atoms with Gasteiger partial charge >= 0.3 is 0 Å². The third-order valence-corrected chi connectivity index (χ3v) is 3.43. The van der Waals surface area contributed by atoms with Gasteiger partial charge in [-0.15, -0.1) is 0 Å². The fourth-order valence-corrected chi connectivity index (χ4v) is 2.48. The second-order valence-corrected chi connectivity index (χ2v) is 5.17. The van der Waals surface area contributed by atoms with Crippen molar-refractivity contribution in [1.82, 2.24) is 15.3 Å². The maximum absolute atomic E-state index is 4.54. The number of aromatic nitrogens is 2. The summed E-state index contributed by atoms with van der Waals surface area (Å²) in [6, 6.07) is 2.70. The number of rotatable bonds is 4. The minimum Gasteiger partial charge on any atom is -0.341 e. The molecule has 0 atom stereocenters. The van der Waals surface area contributed by atoms with Crippen molar-refractivity contribution in [1.29, 1.82) is 0 Å². The lowest BCUT2D eigenvalue weighted by molar-refractivity contribution is 0.413. The molecule has 1 aliphatic heterocycles. The van der Waals surface area contributed by atoms with Crippen LogP contribution in [0.25, 0.3) is 0 Å².